The number of aromatic nitrogens is 4. The Kier molecular flexibility index (Phi) is 6.13. The SMILES string of the molecule is Cc1nc(N2CCC3(CC2)Cc2ncc(C(F)F)cc2[C@H]3NSC(C)(C)C)c2ccnn2c1Br. The van der Waals surface area contributed by atoms with Gasteiger partial charge in [-0.1, -0.05) is 11.9 Å². The highest BCUT2D eigenvalue weighted by atomic mass is 79.9. The molecule has 1 N–H and O–H groups in total. The van der Waals surface area contributed by atoms with Crippen LogP contribution in [0.5, 0.6) is 0 Å². The zero-order valence-corrected chi connectivity index (χ0v) is 22.2. The van der Waals surface area contributed by atoms with Gasteiger partial charge in [-0.3, -0.25) is 9.71 Å². The predicted octanol–water partition coefficient (Wildman–Crippen LogP) is 6.05. The van der Waals surface area contributed by atoms with Gasteiger partial charge in [0.1, 0.15) is 10.1 Å². The number of aryl methyl sites for hydroxylation is 1. The molecule has 182 valence electrons. The summed E-state index contributed by atoms with van der Waals surface area (Å²) in [6.45, 7) is 10.1. The van der Waals surface area contributed by atoms with E-state index < -0.39 is 6.43 Å². The van der Waals surface area contributed by atoms with E-state index in [-0.39, 0.29) is 21.8 Å². The zero-order chi connectivity index (χ0) is 24.3. The molecule has 1 fully saturated rings. The molecule has 2 aliphatic rings. The summed E-state index contributed by atoms with van der Waals surface area (Å²) in [7, 11) is 0. The van der Waals surface area contributed by atoms with Crippen LogP contribution in [0.25, 0.3) is 5.52 Å². The molecule has 1 atom stereocenters. The first-order valence-electron chi connectivity index (χ1n) is 11.5. The molecule has 1 spiro atoms. The van der Waals surface area contributed by atoms with E-state index in [1.165, 1.54) is 6.20 Å². The molecule has 1 aliphatic carbocycles. The summed E-state index contributed by atoms with van der Waals surface area (Å²) in [6.07, 6.45) is 3.27. The van der Waals surface area contributed by atoms with Crippen LogP contribution in [-0.4, -0.2) is 37.4 Å². The van der Waals surface area contributed by atoms with E-state index in [1.807, 2.05) is 17.5 Å². The third-order valence-corrected chi connectivity index (χ3v) is 8.77. The minimum absolute atomic E-state index is 0.00143. The van der Waals surface area contributed by atoms with Gasteiger partial charge in [-0.05, 0) is 86.0 Å². The van der Waals surface area contributed by atoms with E-state index in [0.717, 1.165) is 65.2 Å². The molecule has 4 heterocycles. The Morgan fingerprint density at radius 2 is 2.00 bits per heavy atom. The van der Waals surface area contributed by atoms with Crippen molar-refractivity contribution < 1.29 is 8.78 Å². The normalized spacial score (nSPS) is 20.0. The van der Waals surface area contributed by atoms with Crippen molar-refractivity contribution in [2.45, 2.75) is 64.2 Å². The molecule has 3 aromatic heterocycles. The van der Waals surface area contributed by atoms with Crippen molar-refractivity contribution in [1.29, 1.82) is 0 Å². The van der Waals surface area contributed by atoms with Gasteiger partial charge in [0.05, 0.1) is 17.9 Å². The lowest BCUT2D eigenvalue weighted by Crippen LogP contribution is -2.45. The van der Waals surface area contributed by atoms with Crippen LogP contribution in [0.2, 0.25) is 0 Å². The molecule has 5 rings (SSSR count). The highest BCUT2D eigenvalue weighted by molar-refractivity contribution is 9.10. The number of nitrogens with one attached hydrogen (secondary N) is 1. The van der Waals surface area contributed by atoms with Crippen LogP contribution in [0.1, 0.15) is 68.6 Å². The standard InChI is InChI=1S/C24H29BrF2N6S/c1-14-20(25)33-18(5-8-29-33)22(30-14)32-9-6-24(7-10-32)12-17-16(11-15(13-28-17)21(26)27)19(24)31-34-23(2,3)4/h5,8,11,13,19,21,31H,6-7,9-10,12H2,1-4H3/t19-/m1/s1. The Hall–Kier alpha value is -1.78. The summed E-state index contributed by atoms with van der Waals surface area (Å²) in [6, 6.07) is 3.64. The van der Waals surface area contributed by atoms with Crippen LogP contribution in [0.15, 0.2) is 29.1 Å². The van der Waals surface area contributed by atoms with E-state index >= 15 is 0 Å². The molecule has 1 aliphatic heterocycles. The van der Waals surface area contributed by atoms with Crippen LogP contribution in [-0.2, 0) is 6.42 Å². The summed E-state index contributed by atoms with van der Waals surface area (Å²) in [5.41, 5.74) is 3.68. The first-order chi connectivity index (χ1) is 16.1. The Morgan fingerprint density at radius 1 is 1.26 bits per heavy atom. The highest BCUT2D eigenvalue weighted by Crippen LogP contribution is 2.53. The summed E-state index contributed by atoms with van der Waals surface area (Å²) in [5.74, 6) is 0.940. The van der Waals surface area contributed by atoms with E-state index in [9.17, 15) is 8.78 Å². The number of piperidine rings is 1. The van der Waals surface area contributed by atoms with Crippen molar-refractivity contribution in [2.24, 2.45) is 5.41 Å². The Labute approximate surface area is 211 Å². The second-order valence-electron chi connectivity index (χ2n) is 10.3. The van der Waals surface area contributed by atoms with Gasteiger partial charge in [-0.15, -0.1) is 0 Å². The van der Waals surface area contributed by atoms with E-state index in [2.05, 4.69) is 56.4 Å². The second-order valence-corrected chi connectivity index (χ2v) is 12.8. The lowest BCUT2D eigenvalue weighted by atomic mass is 9.73. The topological polar surface area (TPSA) is 58.4 Å². The molecule has 1 saturated heterocycles. The van der Waals surface area contributed by atoms with Crippen molar-refractivity contribution in [2.75, 3.05) is 18.0 Å². The van der Waals surface area contributed by atoms with E-state index in [4.69, 9.17) is 4.98 Å². The Bertz CT molecular complexity index is 1220. The highest BCUT2D eigenvalue weighted by Gasteiger charge is 2.49. The molecule has 10 heteroatoms. The van der Waals surface area contributed by atoms with Crippen LogP contribution >= 0.6 is 27.9 Å². The quantitative estimate of drug-likeness (QED) is 0.399. The maximum Gasteiger partial charge on any atom is 0.265 e. The third-order valence-electron chi connectivity index (χ3n) is 6.89. The third kappa shape index (κ3) is 4.22. The summed E-state index contributed by atoms with van der Waals surface area (Å²) >= 11 is 5.26. The number of nitrogens with zero attached hydrogens (tertiary/aromatic N) is 5. The fraction of sp³-hybridized carbons (Fsp3) is 0.542. The van der Waals surface area contributed by atoms with Crippen LogP contribution in [0, 0.1) is 12.3 Å². The Morgan fingerprint density at radius 3 is 2.68 bits per heavy atom. The van der Waals surface area contributed by atoms with Gasteiger partial charge in [0, 0.05) is 35.3 Å². The summed E-state index contributed by atoms with van der Waals surface area (Å²) < 4.78 is 33.4. The van der Waals surface area contributed by atoms with Crippen molar-refractivity contribution in [3.05, 3.63) is 51.6 Å². The maximum atomic E-state index is 13.5. The predicted molar refractivity (Wildman–Crippen MR) is 135 cm³/mol. The van der Waals surface area contributed by atoms with Crippen LogP contribution in [0.4, 0.5) is 14.6 Å². The molecular formula is C24H29BrF2N6S. The average Bonchev–Trinajstić information content (AvgIpc) is 3.37. The lowest BCUT2D eigenvalue weighted by molar-refractivity contribution is 0.150. The van der Waals surface area contributed by atoms with Gasteiger partial charge >= 0.3 is 0 Å². The van der Waals surface area contributed by atoms with Crippen LogP contribution < -0.4 is 9.62 Å². The van der Waals surface area contributed by atoms with Gasteiger partial charge in [0.25, 0.3) is 6.43 Å². The van der Waals surface area contributed by atoms with Gasteiger partial charge in [0.2, 0.25) is 0 Å². The average molecular weight is 552 g/mol. The molecule has 0 amide bonds. The first kappa shape index (κ1) is 23.9. The first-order valence-corrected chi connectivity index (χ1v) is 13.1. The number of pyridine rings is 1. The Balaban J connectivity index is 1.44. The van der Waals surface area contributed by atoms with Gasteiger partial charge < -0.3 is 4.90 Å². The minimum Gasteiger partial charge on any atom is -0.355 e. The lowest BCUT2D eigenvalue weighted by Gasteiger charge is -2.44. The van der Waals surface area contributed by atoms with Crippen molar-refractivity contribution >= 4 is 39.2 Å². The van der Waals surface area contributed by atoms with Crippen molar-refractivity contribution in [3.63, 3.8) is 0 Å². The van der Waals surface area contributed by atoms with Gasteiger partial charge in [0.15, 0.2) is 5.82 Å². The molecule has 0 unspecified atom stereocenters. The number of alkyl halides is 2. The molecule has 3 aromatic rings. The fourth-order valence-corrected chi connectivity index (χ4v) is 6.36. The van der Waals surface area contributed by atoms with E-state index in [0.29, 0.717) is 0 Å². The minimum atomic E-state index is -2.52. The molecule has 0 radical (unpaired) electrons. The molecule has 34 heavy (non-hydrogen) atoms. The molecule has 0 aromatic carbocycles. The molecular weight excluding hydrogens is 522 g/mol. The van der Waals surface area contributed by atoms with Crippen LogP contribution in [0.3, 0.4) is 0 Å². The van der Waals surface area contributed by atoms with Gasteiger partial charge in [-0.2, -0.15) is 5.10 Å². The summed E-state index contributed by atoms with van der Waals surface area (Å²) in [4.78, 5) is 11.7. The molecule has 0 bridgehead atoms. The van der Waals surface area contributed by atoms with Crippen molar-refractivity contribution in [1.82, 2.24) is 24.3 Å². The molecule has 6 nitrogen and oxygen atoms in total. The summed E-state index contributed by atoms with van der Waals surface area (Å²) in [5, 5.41) is 4.44. The second kappa shape index (κ2) is 8.71. The van der Waals surface area contributed by atoms with E-state index in [1.54, 1.807) is 24.2 Å². The number of anilines is 1. The zero-order valence-electron chi connectivity index (χ0n) is 19.8. The fourth-order valence-electron chi connectivity index (χ4n) is 5.14. The molecule has 0 saturated carbocycles. The largest absolute Gasteiger partial charge is 0.355 e. The number of halogens is 3. The smallest absolute Gasteiger partial charge is 0.265 e. The number of hydrogen-bond acceptors (Lipinski definition) is 6. The number of rotatable bonds is 4. The number of fused-ring (bicyclic) bond motifs is 2. The number of hydrogen-bond donors (Lipinski definition) is 1. The van der Waals surface area contributed by atoms with Gasteiger partial charge in [-0.25, -0.2) is 18.3 Å². The monoisotopic (exact) mass is 550 g/mol. The van der Waals surface area contributed by atoms with Crippen molar-refractivity contribution in [3.8, 4) is 0 Å². The maximum absolute atomic E-state index is 13.5.